The van der Waals surface area contributed by atoms with Gasteiger partial charge in [-0.2, -0.15) is 0 Å². The fourth-order valence-corrected chi connectivity index (χ4v) is 2.17. The largest absolute Gasteiger partial charge is 0.342 e. The van der Waals surface area contributed by atoms with Gasteiger partial charge in [0.2, 0.25) is 5.91 Å². The minimum absolute atomic E-state index is 0.00829. The van der Waals surface area contributed by atoms with Crippen LogP contribution < -0.4 is 5.73 Å². The molecule has 0 aromatic heterocycles. The molecule has 2 rings (SSSR count). The third kappa shape index (κ3) is 2.82. The number of carbonyl (C=O) groups excluding carboxylic acids is 1. The van der Waals surface area contributed by atoms with Gasteiger partial charge >= 0.3 is 0 Å². The smallest absolute Gasteiger partial charge is 0.227 e. The fourth-order valence-electron chi connectivity index (χ4n) is 2.17. The Balaban J connectivity index is 1.96. The van der Waals surface area contributed by atoms with Crippen molar-refractivity contribution in [3.8, 4) is 0 Å². The molecule has 92 valence electrons. The number of halogens is 1. The van der Waals surface area contributed by atoms with Crippen molar-refractivity contribution in [1.29, 1.82) is 0 Å². The zero-order valence-corrected chi connectivity index (χ0v) is 9.73. The van der Waals surface area contributed by atoms with Crippen LogP contribution in [-0.2, 0) is 11.2 Å². The summed E-state index contributed by atoms with van der Waals surface area (Å²) in [5.74, 6) is 0.0843. The SMILES string of the molecule is NC[C@H]1CCN(C(=O)Cc2ccccc2F)C1. The highest BCUT2D eigenvalue weighted by molar-refractivity contribution is 5.79. The van der Waals surface area contributed by atoms with E-state index in [4.69, 9.17) is 5.73 Å². The summed E-state index contributed by atoms with van der Waals surface area (Å²) >= 11 is 0. The molecule has 0 radical (unpaired) electrons. The number of hydrogen-bond donors (Lipinski definition) is 1. The topological polar surface area (TPSA) is 46.3 Å². The second-order valence-electron chi connectivity index (χ2n) is 4.50. The Kier molecular flexibility index (Phi) is 3.74. The number of carbonyl (C=O) groups is 1. The normalized spacial score (nSPS) is 19.6. The molecular formula is C13H17FN2O. The summed E-state index contributed by atoms with van der Waals surface area (Å²) in [4.78, 5) is 13.7. The van der Waals surface area contributed by atoms with Crippen molar-refractivity contribution in [2.24, 2.45) is 11.7 Å². The molecule has 1 fully saturated rings. The molecule has 17 heavy (non-hydrogen) atoms. The van der Waals surface area contributed by atoms with E-state index < -0.39 is 0 Å². The monoisotopic (exact) mass is 236 g/mol. The van der Waals surface area contributed by atoms with E-state index in [2.05, 4.69) is 0 Å². The van der Waals surface area contributed by atoms with Gasteiger partial charge in [-0.15, -0.1) is 0 Å². The van der Waals surface area contributed by atoms with E-state index in [9.17, 15) is 9.18 Å². The maximum atomic E-state index is 13.4. The summed E-state index contributed by atoms with van der Waals surface area (Å²) in [6.07, 6.45) is 1.10. The Labute approximate surface area is 100 Å². The molecule has 0 saturated carbocycles. The van der Waals surface area contributed by atoms with Crippen LogP contribution in [0.4, 0.5) is 4.39 Å². The lowest BCUT2D eigenvalue weighted by Crippen LogP contribution is -2.31. The first kappa shape index (κ1) is 12.0. The lowest BCUT2D eigenvalue weighted by atomic mass is 10.1. The van der Waals surface area contributed by atoms with Crippen LogP contribution in [0.3, 0.4) is 0 Å². The Morgan fingerprint density at radius 2 is 2.24 bits per heavy atom. The van der Waals surface area contributed by atoms with E-state index in [1.165, 1.54) is 6.07 Å². The number of benzene rings is 1. The number of nitrogens with zero attached hydrogens (tertiary/aromatic N) is 1. The summed E-state index contributed by atoms with van der Waals surface area (Å²) in [5.41, 5.74) is 6.04. The minimum Gasteiger partial charge on any atom is -0.342 e. The van der Waals surface area contributed by atoms with Crippen molar-refractivity contribution in [2.45, 2.75) is 12.8 Å². The quantitative estimate of drug-likeness (QED) is 0.856. The first-order chi connectivity index (χ1) is 8.20. The maximum Gasteiger partial charge on any atom is 0.227 e. The van der Waals surface area contributed by atoms with Gasteiger partial charge in [-0.3, -0.25) is 4.79 Å². The highest BCUT2D eigenvalue weighted by Gasteiger charge is 2.25. The minimum atomic E-state index is -0.310. The van der Waals surface area contributed by atoms with Crippen LogP contribution in [0.1, 0.15) is 12.0 Å². The van der Waals surface area contributed by atoms with E-state index in [0.29, 0.717) is 24.6 Å². The summed E-state index contributed by atoms with van der Waals surface area (Å²) in [7, 11) is 0. The number of amides is 1. The molecule has 1 aromatic carbocycles. The molecule has 1 saturated heterocycles. The van der Waals surface area contributed by atoms with Crippen LogP contribution in [0.15, 0.2) is 24.3 Å². The molecule has 1 amide bonds. The average molecular weight is 236 g/mol. The standard InChI is InChI=1S/C13H17FN2O/c14-12-4-2-1-3-11(12)7-13(17)16-6-5-10(8-15)9-16/h1-4,10H,5-9,15H2/t10-/m1/s1. The summed E-state index contributed by atoms with van der Waals surface area (Å²) in [6.45, 7) is 2.07. The van der Waals surface area contributed by atoms with Crippen LogP contribution in [0.25, 0.3) is 0 Å². The molecule has 3 nitrogen and oxygen atoms in total. The zero-order valence-electron chi connectivity index (χ0n) is 9.73. The Bertz CT molecular complexity index is 408. The van der Waals surface area contributed by atoms with Crippen molar-refractivity contribution in [3.05, 3.63) is 35.6 Å². The van der Waals surface area contributed by atoms with Crippen molar-refractivity contribution in [2.75, 3.05) is 19.6 Å². The van der Waals surface area contributed by atoms with E-state index in [0.717, 1.165) is 13.0 Å². The van der Waals surface area contributed by atoms with Crippen LogP contribution in [0.5, 0.6) is 0 Å². The summed E-state index contributed by atoms with van der Waals surface area (Å²) < 4.78 is 13.4. The third-order valence-electron chi connectivity index (χ3n) is 3.27. The van der Waals surface area contributed by atoms with Crippen LogP contribution in [0, 0.1) is 11.7 Å². The second-order valence-corrected chi connectivity index (χ2v) is 4.50. The second kappa shape index (κ2) is 5.27. The molecule has 0 aliphatic carbocycles. The van der Waals surface area contributed by atoms with Crippen molar-refractivity contribution in [3.63, 3.8) is 0 Å². The zero-order chi connectivity index (χ0) is 12.3. The predicted octanol–water partition coefficient (Wildman–Crippen LogP) is 1.18. The molecule has 1 aliphatic heterocycles. The Morgan fingerprint density at radius 1 is 1.47 bits per heavy atom. The molecule has 2 N–H and O–H groups in total. The molecule has 1 aromatic rings. The molecule has 0 bridgehead atoms. The fraction of sp³-hybridized carbons (Fsp3) is 0.462. The van der Waals surface area contributed by atoms with Gasteiger partial charge in [0.15, 0.2) is 0 Å². The van der Waals surface area contributed by atoms with Gasteiger partial charge in [-0.25, -0.2) is 4.39 Å². The number of likely N-dealkylation sites (tertiary alicyclic amines) is 1. The van der Waals surface area contributed by atoms with E-state index in [1.54, 1.807) is 23.1 Å². The molecule has 0 spiro atoms. The van der Waals surface area contributed by atoms with Crippen molar-refractivity contribution >= 4 is 5.91 Å². The first-order valence-electron chi connectivity index (χ1n) is 5.92. The lowest BCUT2D eigenvalue weighted by molar-refractivity contribution is -0.129. The summed E-state index contributed by atoms with van der Waals surface area (Å²) in [5, 5.41) is 0. The van der Waals surface area contributed by atoms with Gasteiger partial charge in [0.25, 0.3) is 0 Å². The highest BCUT2D eigenvalue weighted by atomic mass is 19.1. The molecule has 1 heterocycles. The maximum absolute atomic E-state index is 13.4. The number of rotatable bonds is 3. The molecular weight excluding hydrogens is 219 g/mol. The lowest BCUT2D eigenvalue weighted by Gasteiger charge is -2.16. The molecule has 0 unspecified atom stereocenters. The predicted molar refractivity (Wildman–Crippen MR) is 63.8 cm³/mol. The number of nitrogens with two attached hydrogens (primary N) is 1. The van der Waals surface area contributed by atoms with E-state index >= 15 is 0 Å². The molecule has 1 aliphatic rings. The Hall–Kier alpha value is -1.42. The van der Waals surface area contributed by atoms with Gasteiger partial charge < -0.3 is 10.6 Å². The van der Waals surface area contributed by atoms with Gasteiger partial charge in [-0.05, 0) is 30.5 Å². The van der Waals surface area contributed by atoms with Crippen LogP contribution >= 0.6 is 0 Å². The van der Waals surface area contributed by atoms with Gasteiger partial charge in [0.1, 0.15) is 5.82 Å². The van der Waals surface area contributed by atoms with Gasteiger partial charge in [0, 0.05) is 13.1 Å². The van der Waals surface area contributed by atoms with Crippen molar-refractivity contribution < 1.29 is 9.18 Å². The average Bonchev–Trinajstić information content (AvgIpc) is 2.81. The number of hydrogen-bond acceptors (Lipinski definition) is 2. The highest BCUT2D eigenvalue weighted by Crippen LogP contribution is 2.17. The molecule has 1 atom stereocenters. The van der Waals surface area contributed by atoms with E-state index in [-0.39, 0.29) is 18.1 Å². The first-order valence-corrected chi connectivity index (χ1v) is 5.92. The van der Waals surface area contributed by atoms with Crippen LogP contribution in [0.2, 0.25) is 0 Å². The summed E-state index contributed by atoms with van der Waals surface area (Å²) in [6, 6.07) is 6.42. The van der Waals surface area contributed by atoms with Crippen molar-refractivity contribution in [1.82, 2.24) is 4.90 Å². The van der Waals surface area contributed by atoms with Gasteiger partial charge in [-0.1, -0.05) is 18.2 Å². The Morgan fingerprint density at radius 3 is 2.88 bits per heavy atom. The van der Waals surface area contributed by atoms with E-state index in [1.807, 2.05) is 0 Å². The molecule has 4 heteroatoms. The third-order valence-corrected chi connectivity index (χ3v) is 3.27. The van der Waals surface area contributed by atoms with Gasteiger partial charge in [0.05, 0.1) is 6.42 Å². The van der Waals surface area contributed by atoms with Crippen LogP contribution in [-0.4, -0.2) is 30.4 Å².